The Bertz CT molecular complexity index is 507. The molecule has 2 heterocycles. The zero-order valence-electron chi connectivity index (χ0n) is 10.9. The normalized spacial score (nSPS) is 18.8. The number of nitrogens with one attached hydrogen (secondary N) is 1. The van der Waals surface area contributed by atoms with Crippen LogP contribution >= 0.6 is 0 Å². The monoisotopic (exact) mass is 289 g/mol. The second-order valence-electron chi connectivity index (χ2n) is 4.64. The van der Waals surface area contributed by atoms with E-state index in [9.17, 15) is 8.42 Å². The number of aryl methyl sites for hydroxylation is 1. The van der Waals surface area contributed by atoms with Gasteiger partial charge in [0, 0.05) is 13.1 Å². The van der Waals surface area contributed by atoms with Crippen molar-refractivity contribution in [2.24, 2.45) is 11.7 Å². The molecule has 1 fully saturated rings. The lowest BCUT2D eigenvalue weighted by atomic mass is 9.99. The molecule has 1 aromatic heterocycles. The molecular formula is C10H19N5O3S. The number of aromatic nitrogens is 2. The third-order valence-electron chi connectivity index (χ3n) is 3.22. The maximum atomic E-state index is 12.1. The van der Waals surface area contributed by atoms with Gasteiger partial charge in [0.25, 0.3) is 10.2 Å². The Morgan fingerprint density at radius 2 is 2.16 bits per heavy atom. The SMILES string of the molecule is Cc1noc(CNS(=O)(=O)N2CCC(CN)CC2)n1. The maximum Gasteiger partial charge on any atom is 0.279 e. The predicted molar refractivity (Wildman–Crippen MR) is 68.1 cm³/mol. The first-order valence-corrected chi connectivity index (χ1v) is 7.69. The molecule has 3 N–H and O–H groups in total. The molecule has 0 aromatic carbocycles. The molecule has 9 heteroatoms. The Morgan fingerprint density at radius 3 is 2.68 bits per heavy atom. The van der Waals surface area contributed by atoms with Gasteiger partial charge in [-0.3, -0.25) is 0 Å². The largest absolute Gasteiger partial charge is 0.338 e. The molecular weight excluding hydrogens is 270 g/mol. The quantitative estimate of drug-likeness (QED) is 0.747. The second-order valence-corrected chi connectivity index (χ2v) is 6.39. The molecule has 108 valence electrons. The number of piperidine rings is 1. The highest BCUT2D eigenvalue weighted by molar-refractivity contribution is 7.87. The standard InChI is InChI=1S/C10H19N5O3S/c1-8-13-10(18-14-8)7-12-19(16,17)15-4-2-9(6-11)3-5-15/h9,12H,2-7,11H2,1H3. The van der Waals surface area contributed by atoms with Crippen LogP contribution in [0.5, 0.6) is 0 Å². The Morgan fingerprint density at radius 1 is 1.47 bits per heavy atom. The molecule has 1 aromatic rings. The Hall–Kier alpha value is -1.03. The zero-order chi connectivity index (χ0) is 13.9. The summed E-state index contributed by atoms with van der Waals surface area (Å²) >= 11 is 0. The van der Waals surface area contributed by atoms with Gasteiger partial charge in [-0.2, -0.15) is 22.4 Å². The molecule has 1 aliphatic heterocycles. The van der Waals surface area contributed by atoms with Gasteiger partial charge in [-0.15, -0.1) is 0 Å². The van der Waals surface area contributed by atoms with Crippen molar-refractivity contribution in [2.75, 3.05) is 19.6 Å². The van der Waals surface area contributed by atoms with E-state index in [1.165, 1.54) is 4.31 Å². The van der Waals surface area contributed by atoms with E-state index >= 15 is 0 Å². The molecule has 8 nitrogen and oxygen atoms in total. The van der Waals surface area contributed by atoms with Crippen LogP contribution in [0.15, 0.2) is 4.52 Å². The number of nitrogens with zero attached hydrogens (tertiary/aromatic N) is 3. The predicted octanol–water partition coefficient (Wildman–Crippen LogP) is -0.617. The fraction of sp³-hybridized carbons (Fsp3) is 0.800. The maximum absolute atomic E-state index is 12.1. The van der Waals surface area contributed by atoms with Gasteiger partial charge in [-0.25, -0.2) is 0 Å². The fourth-order valence-corrected chi connectivity index (χ4v) is 3.22. The topological polar surface area (TPSA) is 114 Å². The number of hydrogen-bond acceptors (Lipinski definition) is 6. The first-order valence-electron chi connectivity index (χ1n) is 6.25. The van der Waals surface area contributed by atoms with Crippen LogP contribution in [0.2, 0.25) is 0 Å². The van der Waals surface area contributed by atoms with Crippen LogP contribution in [0, 0.1) is 12.8 Å². The smallest absolute Gasteiger partial charge is 0.279 e. The van der Waals surface area contributed by atoms with Gasteiger partial charge in [-0.1, -0.05) is 5.16 Å². The van der Waals surface area contributed by atoms with Crippen molar-refractivity contribution < 1.29 is 12.9 Å². The van der Waals surface area contributed by atoms with Gasteiger partial charge < -0.3 is 10.3 Å². The average Bonchev–Trinajstić information content (AvgIpc) is 2.82. The molecule has 19 heavy (non-hydrogen) atoms. The van der Waals surface area contributed by atoms with E-state index in [4.69, 9.17) is 10.3 Å². The molecule has 0 amide bonds. The Kier molecular flexibility index (Phi) is 4.50. The minimum absolute atomic E-state index is 0.0139. The highest BCUT2D eigenvalue weighted by Gasteiger charge is 2.27. The van der Waals surface area contributed by atoms with Crippen LogP contribution in [-0.4, -0.2) is 42.5 Å². The second kappa shape index (κ2) is 5.95. The van der Waals surface area contributed by atoms with E-state index in [0.717, 1.165) is 12.8 Å². The van der Waals surface area contributed by atoms with Gasteiger partial charge in [0.15, 0.2) is 5.82 Å². The van der Waals surface area contributed by atoms with E-state index in [-0.39, 0.29) is 12.4 Å². The van der Waals surface area contributed by atoms with Gasteiger partial charge in [0.1, 0.15) is 0 Å². The van der Waals surface area contributed by atoms with Crippen LogP contribution in [0.4, 0.5) is 0 Å². The summed E-state index contributed by atoms with van der Waals surface area (Å²) < 4.78 is 32.9. The molecule has 0 spiro atoms. The molecule has 0 saturated carbocycles. The van der Waals surface area contributed by atoms with Gasteiger partial charge >= 0.3 is 0 Å². The van der Waals surface area contributed by atoms with Crippen molar-refractivity contribution in [3.05, 3.63) is 11.7 Å². The highest BCUT2D eigenvalue weighted by Crippen LogP contribution is 2.17. The van der Waals surface area contributed by atoms with Crippen molar-refractivity contribution >= 4 is 10.2 Å². The summed E-state index contributed by atoms with van der Waals surface area (Å²) in [7, 11) is -3.49. The van der Waals surface area contributed by atoms with E-state index < -0.39 is 10.2 Å². The van der Waals surface area contributed by atoms with Gasteiger partial charge in [-0.05, 0) is 32.2 Å². The summed E-state index contributed by atoms with van der Waals surface area (Å²) in [4.78, 5) is 3.94. The minimum Gasteiger partial charge on any atom is -0.338 e. The number of hydrogen-bond donors (Lipinski definition) is 2. The van der Waals surface area contributed by atoms with Crippen molar-refractivity contribution in [3.8, 4) is 0 Å². The van der Waals surface area contributed by atoms with Gasteiger partial charge in [0.2, 0.25) is 5.89 Å². The van der Waals surface area contributed by atoms with Crippen LogP contribution in [-0.2, 0) is 16.8 Å². The van der Waals surface area contributed by atoms with Crippen LogP contribution in [0.3, 0.4) is 0 Å². The lowest BCUT2D eigenvalue weighted by molar-refractivity contribution is 0.274. The van der Waals surface area contributed by atoms with E-state index in [0.29, 0.717) is 31.4 Å². The molecule has 0 radical (unpaired) electrons. The van der Waals surface area contributed by atoms with Crippen molar-refractivity contribution in [1.82, 2.24) is 19.2 Å². The summed E-state index contributed by atoms with van der Waals surface area (Å²) in [5, 5.41) is 3.60. The lowest BCUT2D eigenvalue weighted by Crippen LogP contribution is -2.45. The lowest BCUT2D eigenvalue weighted by Gasteiger charge is -2.30. The summed E-state index contributed by atoms with van der Waals surface area (Å²) in [6.45, 7) is 3.31. The third-order valence-corrected chi connectivity index (χ3v) is 4.78. The molecule has 0 atom stereocenters. The van der Waals surface area contributed by atoms with Crippen molar-refractivity contribution in [3.63, 3.8) is 0 Å². The third kappa shape index (κ3) is 3.72. The summed E-state index contributed by atoms with van der Waals surface area (Å²) in [6, 6.07) is 0. The zero-order valence-corrected chi connectivity index (χ0v) is 11.7. The first kappa shape index (κ1) is 14.4. The van der Waals surface area contributed by atoms with Crippen molar-refractivity contribution in [1.29, 1.82) is 0 Å². The van der Waals surface area contributed by atoms with Crippen molar-refractivity contribution in [2.45, 2.75) is 26.3 Å². The molecule has 0 aliphatic carbocycles. The van der Waals surface area contributed by atoms with E-state index in [1.54, 1.807) is 6.92 Å². The molecule has 2 rings (SSSR count). The molecule has 1 saturated heterocycles. The fourth-order valence-electron chi connectivity index (χ4n) is 2.04. The highest BCUT2D eigenvalue weighted by atomic mass is 32.2. The summed E-state index contributed by atoms with van der Waals surface area (Å²) in [5.41, 5.74) is 5.58. The van der Waals surface area contributed by atoms with Crippen LogP contribution in [0.25, 0.3) is 0 Å². The number of rotatable bonds is 5. The number of nitrogens with two attached hydrogens (primary N) is 1. The van der Waals surface area contributed by atoms with E-state index in [1.807, 2.05) is 0 Å². The minimum atomic E-state index is -3.49. The Labute approximate surface area is 112 Å². The van der Waals surface area contributed by atoms with Gasteiger partial charge in [0.05, 0.1) is 6.54 Å². The molecule has 0 unspecified atom stereocenters. The summed E-state index contributed by atoms with van der Waals surface area (Å²) in [5.74, 6) is 1.17. The van der Waals surface area contributed by atoms with Crippen LogP contribution < -0.4 is 10.5 Å². The summed E-state index contributed by atoms with van der Waals surface area (Å²) in [6.07, 6.45) is 1.61. The molecule has 0 bridgehead atoms. The van der Waals surface area contributed by atoms with E-state index in [2.05, 4.69) is 14.9 Å². The Balaban J connectivity index is 1.88. The van der Waals surface area contributed by atoms with Crippen LogP contribution in [0.1, 0.15) is 24.6 Å². The average molecular weight is 289 g/mol. The molecule has 1 aliphatic rings. The first-order chi connectivity index (χ1) is 9.01.